The Bertz CT molecular complexity index is 347. The molecule has 17 heavy (non-hydrogen) atoms. The standard InChI is InChI=1S/C13H17F3O/c1-3-5-10-6-4-7-11(8-10)12(17-2)9-13(14,15)16/h4,6-8,12H,3,5,9H2,1-2H3. The van der Waals surface area contributed by atoms with Crippen LogP contribution in [0.25, 0.3) is 0 Å². The molecule has 0 saturated carbocycles. The van der Waals surface area contributed by atoms with Crippen LogP contribution < -0.4 is 0 Å². The summed E-state index contributed by atoms with van der Waals surface area (Å²) in [6, 6.07) is 7.18. The van der Waals surface area contributed by atoms with Crippen molar-refractivity contribution in [1.29, 1.82) is 0 Å². The van der Waals surface area contributed by atoms with Crippen molar-refractivity contribution in [1.82, 2.24) is 0 Å². The van der Waals surface area contributed by atoms with Crippen molar-refractivity contribution in [3.8, 4) is 0 Å². The average molecular weight is 246 g/mol. The first-order valence-electron chi connectivity index (χ1n) is 5.64. The molecule has 0 fully saturated rings. The molecular weight excluding hydrogens is 229 g/mol. The third kappa shape index (κ3) is 4.77. The molecule has 0 amide bonds. The third-order valence-electron chi connectivity index (χ3n) is 2.56. The van der Waals surface area contributed by atoms with Gasteiger partial charge in [0.05, 0.1) is 12.5 Å². The molecule has 0 saturated heterocycles. The van der Waals surface area contributed by atoms with Crippen molar-refractivity contribution >= 4 is 0 Å². The number of rotatable bonds is 5. The van der Waals surface area contributed by atoms with Gasteiger partial charge in [0, 0.05) is 7.11 Å². The minimum Gasteiger partial charge on any atom is -0.376 e. The van der Waals surface area contributed by atoms with Gasteiger partial charge in [0.15, 0.2) is 0 Å². The Kier molecular flexibility index (Phi) is 5.00. The lowest BCUT2D eigenvalue weighted by Crippen LogP contribution is -2.15. The number of halogens is 3. The lowest BCUT2D eigenvalue weighted by atomic mass is 10.0. The van der Waals surface area contributed by atoms with Gasteiger partial charge < -0.3 is 4.74 Å². The Labute approximate surface area is 99.6 Å². The lowest BCUT2D eigenvalue weighted by molar-refractivity contribution is -0.158. The zero-order valence-electron chi connectivity index (χ0n) is 10.1. The fraction of sp³-hybridized carbons (Fsp3) is 0.538. The molecule has 1 aromatic carbocycles. The van der Waals surface area contributed by atoms with Crippen LogP contribution in [0, 0.1) is 0 Å². The van der Waals surface area contributed by atoms with Crippen LogP contribution in [0.5, 0.6) is 0 Å². The molecule has 1 aromatic rings. The molecule has 0 aliphatic carbocycles. The molecule has 4 heteroatoms. The predicted octanol–water partition coefficient (Wildman–Crippen LogP) is 4.28. The van der Waals surface area contributed by atoms with Crippen molar-refractivity contribution in [3.63, 3.8) is 0 Å². The fourth-order valence-electron chi connectivity index (χ4n) is 1.79. The summed E-state index contributed by atoms with van der Waals surface area (Å²) in [7, 11) is 1.31. The van der Waals surface area contributed by atoms with E-state index < -0.39 is 18.7 Å². The number of aryl methyl sites for hydroxylation is 1. The second kappa shape index (κ2) is 6.05. The van der Waals surface area contributed by atoms with Gasteiger partial charge in [-0.25, -0.2) is 0 Å². The van der Waals surface area contributed by atoms with E-state index in [0.29, 0.717) is 5.56 Å². The number of hydrogen-bond acceptors (Lipinski definition) is 1. The molecule has 1 unspecified atom stereocenters. The molecule has 0 N–H and O–H groups in total. The number of ether oxygens (including phenoxy) is 1. The normalized spacial score (nSPS) is 13.7. The Morgan fingerprint density at radius 2 is 2.00 bits per heavy atom. The fourth-order valence-corrected chi connectivity index (χ4v) is 1.79. The molecule has 96 valence electrons. The lowest BCUT2D eigenvalue weighted by Gasteiger charge is -2.18. The van der Waals surface area contributed by atoms with Crippen LogP contribution in [-0.4, -0.2) is 13.3 Å². The predicted molar refractivity (Wildman–Crippen MR) is 60.9 cm³/mol. The summed E-state index contributed by atoms with van der Waals surface area (Å²) >= 11 is 0. The minimum absolute atomic E-state index is 0.593. The number of hydrogen-bond donors (Lipinski definition) is 0. The first-order valence-corrected chi connectivity index (χ1v) is 5.64. The molecule has 0 spiro atoms. The van der Waals surface area contributed by atoms with Gasteiger partial charge in [-0.3, -0.25) is 0 Å². The molecule has 0 radical (unpaired) electrons. The van der Waals surface area contributed by atoms with E-state index in [4.69, 9.17) is 4.74 Å². The summed E-state index contributed by atoms with van der Waals surface area (Å²) in [5, 5.41) is 0. The number of alkyl halides is 3. The Morgan fingerprint density at radius 3 is 2.53 bits per heavy atom. The molecule has 0 bridgehead atoms. The molecule has 0 aliphatic rings. The average Bonchev–Trinajstić information content (AvgIpc) is 2.25. The van der Waals surface area contributed by atoms with Crippen LogP contribution >= 0.6 is 0 Å². The summed E-state index contributed by atoms with van der Waals surface area (Å²) in [4.78, 5) is 0. The number of methoxy groups -OCH3 is 1. The van der Waals surface area contributed by atoms with E-state index in [2.05, 4.69) is 0 Å². The maximum Gasteiger partial charge on any atom is 0.391 e. The molecule has 1 atom stereocenters. The maximum absolute atomic E-state index is 12.3. The highest BCUT2D eigenvalue weighted by Gasteiger charge is 2.32. The van der Waals surface area contributed by atoms with E-state index >= 15 is 0 Å². The van der Waals surface area contributed by atoms with Crippen molar-refractivity contribution in [2.45, 2.75) is 38.5 Å². The SMILES string of the molecule is CCCc1cccc(C(CC(F)(F)F)OC)c1. The van der Waals surface area contributed by atoms with Crippen LogP contribution in [0.3, 0.4) is 0 Å². The van der Waals surface area contributed by atoms with Crippen molar-refractivity contribution in [2.24, 2.45) is 0 Å². The van der Waals surface area contributed by atoms with Crippen molar-refractivity contribution in [2.75, 3.05) is 7.11 Å². The van der Waals surface area contributed by atoms with E-state index in [1.165, 1.54) is 7.11 Å². The highest BCUT2D eigenvalue weighted by molar-refractivity contribution is 5.25. The van der Waals surface area contributed by atoms with Gasteiger partial charge in [-0.15, -0.1) is 0 Å². The number of benzene rings is 1. The summed E-state index contributed by atoms with van der Waals surface area (Å²) in [5.74, 6) is 0. The Morgan fingerprint density at radius 1 is 1.29 bits per heavy atom. The van der Waals surface area contributed by atoms with Crippen molar-refractivity contribution in [3.05, 3.63) is 35.4 Å². The maximum atomic E-state index is 12.3. The van der Waals surface area contributed by atoms with Gasteiger partial charge in [0.25, 0.3) is 0 Å². The highest BCUT2D eigenvalue weighted by atomic mass is 19.4. The quantitative estimate of drug-likeness (QED) is 0.753. The zero-order chi connectivity index (χ0) is 12.9. The Balaban J connectivity index is 2.84. The topological polar surface area (TPSA) is 9.23 Å². The van der Waals surface area contributed by atoms with Gasteiger partial charge in [-0.1, -0.05) is 37.6 Å². The Hall–Kier alpha value is -1.03. The second-order valence-electron chi connectivity index (χ2n) is 4.04. The minimum atomic E-state index is -4.21. The van der Waals surface area contributed by atoms with Gasteiger partial charge in [0.1, 0.15) is 0 Å². The third-order valence-corrected chi connectivity index (χ3v) is 2.56. The van der Waals surface area contributed by atoms with E-state index in [-0.39, 0.29) is 0 Å². The molecule has 0 aromatic heterocycles. The molecule has 0 aliphatic heterocycles. The smallest absolute Gasteiger partial charge is 0.376 e. The summed E-state index contributed by atoms with van der Waals surface area (Å²) < 4.78 is 42.0. The first-order chi connectivity index (χ1) is 7.96. The van der Waals surface area contributed by atoms with E-state index in [1.807, 2.05) is 13.0 Å². The van der Waals surface area contributed by atoms with E-state index in [1.54, 1.807) is 18.2 Å². The highest BCUT2D eigenvalue weighted by Crippen LogP contribution is 2.31. The van der Waals surface area contributed by atoms with Crippen LogP contribution in [0.4, 0.5) is 13.2 Å². The van der Waals surface area contributed by atoms with Crippen molar-refractivity contribution < 1.29 is 17.9 Å². The van der Waals surface area contributed by atoms with Gasteiger partial charge in [-0.2, -0.15) is 13.2 Å². The van der Waals surface area contributed by atoms with Crippen LogP contribution in [0.2, 0.25) is 0 Å². The van der Waals surface area contributed by atoms with Gasteiger partial charge in [0.2, 0.25) is 0 Å². The van der Waals surface area contributed by atoms with E-state index in [0.717, 1.165) is 18.4 Å². The molecule has 1 nitrogen and oxygen atoms in total. The molecular formula is C13H17F3O. The summed E-state index contributed by atoms with van der Waals surface area (Å²) in [6.45, 7) is 2.04. The monoisotopic (exact) mass is 246 g/mol. The van der Waals surface area contributed by atoms with Crippen LogP contribution in [-0.2, 0) is 11.2 Å². The van der Waals surface area contributed by atoms with Gasteiger partial charge in [-0.05, 0) is 17.5 Å². The summed E-state index contributed by atoms with van der Waals surface area (Å²) in [6.07, 6.45) is -4.22. The molecule has 0 heterocycles. The van der Waals surface area contributed by atoms with Crippen LogP contribution in [0.15, 0.2) is 24.3 Å². The molecule has 1 rings (SSSR count). The summed E-state index contributed by atoms with van der Waals surface area (Å²) in [5.41, 5.74) is 1.64. The second-order valence-corrected chi connectivity index (χ2v) is 4.04. The zero-order valence-corrected chi connectivity index (χ0v) is 10.1. The van der Waals surface area contributed by atoms with Crippen LogP contribution in [0.1, 0.15) is 37.0 Å². The largest absolute Gasteiger partial charge is 0.391 e. The van der Waals surface area contributed by atoms with Gasteiger partial charge >= 0.3 is 6.18 Å². The first kappa shape index (κ1) is 14.0. The van der Waals surface area contributed by atoms with E-state index in [9.17, 15) is 13.2 Å².